The molecular formula is C18H15Cl2F3N2O2. The van der Waals surface area contributed by atoms with Crippen LogP contribution in [-0.2, 0) is 10.9 Å². The molecule has 1 aliphatic heterocycles. The highest BCUT2D eigenvalue weighted by molar-refractivity contribution is 6.37. The Balaban J connectivity index is 1.96. The number of carbonyl (C=O) groups excluding carboxylic acids is 1. The smallest absolute Gasteiger partial charge is 0.378 e. The van der Waals surface area contributed by atoms with Gasteiger partial charge in [-0.25, -0.2) is 0 Å². The third kappa shape index (κ3) is 4.66. The third-order valence-corrected chi connectivity index (χ3v) is 4.65. The van der Waals surface area contributed by atoms with Gasteiger partial charge in [0.25, 0.3) is 5.91 Å². The first-order chi connectivity index (χ1) is 12.8. The summed E-state index contributed by atoms with van der Waals surface area (Å²) in [6.45, 7) is 1.93. The monoisotopic (exact) mass is 418 g/mol. The van der Waals surface area contributed by atoms with Gasteiger partial charge in [-0.1, -0.05) is 23.2 Å². The molecule has 4 nitrogen and oxygen atoms in total. The second-order valence-electron chi connectivity index (χ2n) is 5.91. The molecule has 0 bridgehead atoms. The van der Waals surface area contributed by atoms with Crippen molar-refractivity contribution >= 4 is 40.5 Å². The van der Waals surface area contributed by atoms with Gasteiger partial charge in [-0.3, -0.25) is 4.79 Å². The van der Waals surface area contributed by atoms with E-state index in [1.807, 2.05) is 4.90 Å². The Bertz CT molecular complexity index is 853. The number of anilines is 2. The van der Waals surface area contributed by atoms with Crippen LogP contribution >= 0.6 is 23.2 Å². The number of morpholine rings is 1. The zero-order chi connectivity index (χ0) is 19.6. The first-order valence-corrected chi connectivity index (χ1v) is 8.81. The van der Waals surface area contributed by atoms with Crippen LogP contribution in [0.25, 0.3) is 0 Å². The molecule has 1 saturated heterocycles. The minimum atomic E-state index is -4.53. The molecule has 0 radical (unpaired) electrons. The molecule has 1 fully saturated rings. The maximum atomic E-state index is 13.1. The molecule has 1 aliphatic rings. The molecule has 0 atom stereocenters. The summed E-state index contributed by atoms with van der Waals surface area (Å²) in [6, 6.07) is 7.57. The molecule has 1 amide bonds. The van der Waals surface area contributed by atoms with Crippen molar-refractivity contribution < 1.29 is 22.7 Å². The Hall–Kier alpha value is -1.96. The van der Waals surface area contributed by atoms with Crippen molar-refractivity contribution in [2.75, 3.05) is 36.5 Å². The number of halogens is 5. The molecule has 144 valence electrons. The van der Waals surface area contributed by atoms with Gasteiger partial charge in [0.2, 0.25) is 0 Å². The van der Waals surface area contributed by atoms with Gasteiger partial charge in [0, 0.05) is 18.1 Å². The zero-order valence-corrected chi connectivity index (χ0v) is 15.5. The van der Waals surface area contributed by atoms with E-state index in [0.717, 1.165) is 12.1 Å². The van der Waals surface area contributed by atoms with E-state index in [9.17, 15) is 18.0 Å². The van der Waals surface area contributed by atoms with Crippen molar-refractivity contribution in [1.82, 2.24) is 0 Å². The summed E-state index contributed by atoms with van der Waals surface area (Å²) < 4.78 is 44.7. The SMILES string of the molecule is O=C(Nc1cc(C(F)(F)F)ccc1N1CCOCC1)c1ccc(Cl)cc1Cl. The molecule has 3 rings (SSSR count). The van der Waals surface area contributed by atoms with Crippen molar-refractivity contribution in [3.8, 4) is 0 Å². The molecular weight excluding hydrogens is 404 g/mol. The highest BCUT2D eigenvalue weighted by atomic mass is 35.5. The van der Waals surface area contributed by atoms with E-state index in [1.165, 1.54) is 24.3 Å². The van der Waals surface area contributed by atoms with E-state index >= 15 is 0 Å². The first kappa shape index (κ1) is 19.8. The molecule has 27 heavy (non-hydrogen) atoms. The molecule has 1 N–H and O–H groups in total. The lowest BCUT2D eigenvalue weighted by atomic mass is 10.1. The number of rotatable bonds is 3. The van der Waals surface area contributed by atoms with Crippen LogP contribution < -0.4 is 10.2 Å². The lowest BCUT2D eigenvalue weighted by Gasteiger charge is -2.31. The predicted molar refractivity (Wildman–Crippen MR) is 98.9 cm³/mol. The highest BCUT2D eigenvalue weighted by Gasteiger charge is 2.32. The fourth-order valence-corrected chi connectivity index (χ4v) is 3.25. The van der Waals surface area contributed by atoms with Crippen LogP contribution in [0, 0.1) is 0 Å². The number of benzene rings is 2. The number of ether oxygens (including phenoxy) is 1. The summed E-state index contributed by atoms with van der Waals surface area (Å²) in [5.74, 6) is -0.620. The number of hydrogen-bond donors (Lipinski definition) is 1. The van der Waals surface area contributed by atoms with Crippen molar-refractivity contribution in [3.63, 3.8) is 0 Å². The lowest BCUT2D eigenvalue weighted by molar-refractivity contribution is -0.137. The second kappa shape index (κ2) is 7.96. The topological polar surface area (TPSA) is 41.6 Å². The molecule has 2 aromatic rings. The molecule has 1 heterocycles. The molecule has 0 aromatic heterocycles. The molecule has 0 unspecified atom stereocenters. The van der Waals surface area contributed by atoms with Crippen molar-refractivity contribution in [3.05, 3.63) is 57.6 Å². The normalized spacial score (nSPS) is 14.9. The summed E-state index contributed by atoms with van der Waals surface area (Å²) >= 11 is 11.9. The van der Waals surface area contributed by atoms with Crippen molar-refractivity contribution in [2.24, 2.45) is 0 Å². The van der Waals surface area contributed by atoms with Crippen LogP contribution in [0.4, 0.5) is 24.5 Å². The van der Waals surface area contributed by atoms with E-state index in [1.54, 1.807) is 0 Å². The lowest BCUT2D eigenvalue weighted by Crippen LogP contribution is -2.36. The Kier molecular flexibility index (Phi) is 5.83. The Morgan fingerprint density at radius 3 is 2.41 bits per heavy atom. The third-order valence-electron chi connectivity index (χ3n) is 4.10. The Morgan fingerprint density at radius 2 is 1.78 bits per heavy atom. The van der Waals surface area contributed by atoms with Gasteiger partial charge in [-0.2, -0.15) is 13.2 Å². The molecule has 0 saturated carbocycles. The average Bonchev–Trinajstić information content (AvgIpc) is 2.61. The minimum Gasteiger partial charge on any atom is -0.378 e. The first-order valence-electron chi connectivity index (χ1n) is 8.06. The fraction of sp³-hybridized carbons (Fsp3) is 0.278. The van der Waals surface area contributed by atoms with Gasteiger partial charge < -0.3 is 15.0 Å². The minimum absolute atomic E-state index is 0.0581. The summed E-state index contributed by atoms with van der Waals surface area (Å²) in [5.41, 5.74) is -0.184. The largest absolute Gasteiger partial charge is 0.416 e. The van der Waals surface area contributed by atoms with E-state index in [2.05, 4.69) is 5.32 Å². The molecule has 9 heteroatoms. The van der Waals surface area contributed by atoms with Crippen molar-refractivity contribution in [2.45, 2.75) is 6.18 Å². The number of carbonyl (C=O) groups is 1. The number of nitrogens with zero attached hydrogens (tertiary/aromatic N) is 1. The van der Waals surface area contributed by atoms with Crippen LogP contribution in [0.1, 0.15) is 15.9 Å². The maximum Gasteiger partial charge on any atom is 0.416 e. The van der Waals surface area contributed by atoms with E-state index in [0.29, 0.717) is 37.0 Å². The fourth-order valence-electron chi connectivity index (χ4n) is 2.76. The van der Waals surface area contributed by atoms with Crippen LogP contribution in [0.3, 0.4) is 0 Å². The standard InChI is InChI=1S/C18H15Cl2F3N2O2/c19-12-2-3-13(14(20)10-12)17(26)24-15-9-11(18(21,22)23)1-4-16(15)25-5-7-27-8-6-25/h1-4,9-10H,5-8H2,(H,24,26). The Labute approximate surface area is 163 Å². The number of alkyl halides is 3. The van der Waals surface area contributed by atoms with Gasteiger partial charge in [-0.05, 0) is 36.4 Å². The highest BCUT2D eigenvalue weighted by Crippen LogP contribution is 2.36. The van der Waals surface area contributed by atoms with Crippen molar-refractivity contribution in [1.29, 1.82) is 0 Å². The summed E-state index contributed by atoms with van der Waals surface area (Å²) in [4.78, 5) is 14.4. The molecule has 2 aromatic carbocycles. The van der Waals surface area contributed by atoms with Crippen LogP contribution in [0.5, 0.6) is 0 Å². The molecule has 0 aliphatic carbocycles. The van der Waals surface area contributed by atoms with E-state index in [4.69, 9.17) is 27.9 Å². The second-order valence-corrected chi connectivity index (χ2v) is 6.75. The number of amides is 1. The van der Waals surface area contributed by atoms with Gasteiger partial charge in [-0.15, -0.1) is 0 Å². The van der Waals surface area contributed by atoms with Gasteiger partial charge >= 0.3 is 6.18 Å². The number of hydrogen-bond acceptors (Lipinski definition) is 3. The van der Waals surface area contributed by atoms with Crippen LogP contribution in [0.2, 0.25) is 10.0 Å². The van der Waals surface area contributed by atoms with Crippen LogP contribution in [0.15, 0.2) is 36.4 Å². The summed E-state index contributed by atoms with van der Waals surface area (Å²) in [5, 5.41) is 3.01. The number of nitrogens with one attached hydrogen (secondary N) is 1. The van der Waals surface area contributed by atoms with Gasteiger partial charge in [0.15, 0.2) is 0 Å². The Morgan fingerprint density at radius 1 is 1.07 bits per heavy atom. The summed E-state index contributed by atoms with van der Waals surface area (Å²) in [7, 11) is 0. The maximum absolute atomic E-state index is 13.1. The van der Waals surface area contributed by atoms with Gasteiger partial charge in [0.05, 0.1) is 40.7 Å². The van der Waals surface area contributed by atoms with Gasteiger partial charge in [0.1, 0.15) is 0 Å². The summed E-state index contributed by atoms with van der Waals surface area (Å²) in [6.07, 6.45) is -4.53. The van der Waals surface area contributed by atoms with Crippen LogP contribution in [-0.4, -0.2) is 32.2 Å². The quantitative estimate of drug-likeness (QED) is 0.753. The van der Waals surface area contributed by atoms with E-state index in [-0.39, 0.29) is 16.3 Å². The zero-order valence-electron chi connectivity index (χ0n) is 13.9. The van der Waals surface area contributed by atoms with E-state index < -0.39 is 17.6 Å². The average molecular weight is 419 g/mol. The molecule has 0 spiro atoms. The predicted octanol–water partition coefficient (Wildman–Crippen LogP) is 5.10.